The first-order chi connectivity index (χ1) is 9.07. The third-order valence-electron chi connectivity index (χ3n) is 4.02. The summed E-state index contributed by atoms with van der Waals surface area (Å²) in [6.45, 7) is 2.05. The van der Waals surface area contributed by atoms with Crippen LogP contribution in [0.15, 0.2) is 29.2 Å². The van der Waals surface area contributed by atoms with E-state index in [9.17, 15) is 12.8 Å². The molecule has 2 unspecified atom stereocenters. The Hall–Kier alpha value is -0.980. The maximum absolute atomic E-state index is 12.9. The van der Waals surface area contributed by atoms with Gasteiger partial charge in [0, 0.05) is 19.1 Å². The van der Waals surface area contributed by atoms with Gasteiger partial charge >= 0.3 is 0 Å². The molecule has 0 spiro atoms. The Balaban J connectivity index is 1.83. The molecule has 1 aromatic rings. The molecule has 0 radical (unpaired) electrons. The van der Waals surface area contributed by atoms with Gasteiger partial charge in [-0.25, -0.2) is 12.8 Å². The largest absolute Gasteiger partial charge is 0.312 e. The molecule has 6 heteroatoms. The molecule has 19 heavy (non-hydrogen) atoms. The van der Waals surface area contributed by atoms with Crippen LogP contribution in [0.25, 0.3) is 0 Å². The van der Waals surface area contributed by atoms with Gasteiger partial charge in [0.25, 0.3) is 0 Å². The Labute approximate surface area is 112 Å². The number of nitrogens with one attached hydrogen (secondary N) is 1. The minimum Gasteiger partial charge on any atom is -0.312 e. The molecule has 1 aromatic carbocycles. The van der Waals surface area contributed by atoms with Crippen LogP contribution in [0.4, 0.5) is 4.39 Å². The Morgan fingerprint density at radius 2 is 1.95 bits per heavy atom. The molecule has 4 nitrogen and oxygen atoms in total. The molecule has 0 aromatic heterocycles. The van der Waals surface area contributed by atoms with E-state index < -0.39 is 15.8 Å². The minimum absolute atomic E-state index is 0.174. The molecular formula is C13H17FN2O2S. The quantitative estimate of drug-likeness (QED) is 0.888. The second kappa shape index (κ2) is 4.85. The highest BCUT2D eigenvalue weighted by Crippen LogP contribution is 2.29. The van der Waals surface area contributed by atoms with Gasteiger partial charge in [0.1, 0.15) is 5.82 Å². The molecule has 0 amide bonds. The van der Waals surface area contributed by atoms with Gasteiger partial charge in [-0.2, -0.15) is 4.31 Å². The first kappa shape index (κ1) is 13.0. The topological polar surface area (TPSA) is 49.4 Å². The van der Waals surface area contributed by atoms with E-state index in [1.54, 1.807) is 0 Å². The van der Waals surface area contributed by atoms with Crippen molar-refractivity contribution in [3.63, 3.8) is 0 Å². The number of benzene rings is 1. The van der Waals surface area contributed by atoms with Crippen molar-refractivity contribution in [2.75, 3.05) is 19.6 Å². The normalized spacial score (nSPS) is 28.3. The molecule has 2 aliphatic heterocycles. The van der Waals surface area contributed by atoms with Crippen LogP contribution in [0.3, 0.4) is 0 Å². The zero-order chi connectivity index (χ0) is 13.5. The summed E-state index contributed by atoms with van der Waals surface area (Å²) in [6, 6.07) is 5.31. The number of halogens is 1. The van der Waals surface area contributed by atoms with Crippen LogP contribution in [0.5, 0.6) is 0 Å². The second-order valence-corrected chi connectivity index (χ2v) is 7.18. The molecule has 2 fully saturated rings. The van der Waals surface area contributed by atoms with Crippen LogP contribution < -0.4 is 5.32 Å². The Bertz CT molecular complexity index is 545. The van der Waals surface area contributed by atoms with E-state index in [0.717, 1.165) is 19.4 Å². The van der Waals surface area contributed by atoms with Crippen molar-refractivity contribution >= 4 is 10.0 Å². The fraction of sp³-hybridized carbons (Fsp3) is 0.538. The van der Waals surface area contributed by atoms with E-state index in [4.69, 9.17) is 0 Å². The van der Waals surface area contributed by atoms with Gasteiger partial charge in [-0.1, -0.05) is 0 Å². The average Bonchev–Trinajstić information content (AvgIpc) is 2.83. The highest BCUT2D eigenvalue weighted by atomic mass is 32.2. The summed E-state index contributed by atoms with van der Waals surface area (Å²) in [4.78, 5) is 0.174. The second-order valence-electron chi connectivity index (χ2n) is 5.24. The van der Waals surface area contributed by atoms with Gasteiger partial charge in [-0.15, -0.1) is 0 Å². The summed E-state index contributed by atoms with van der Waals surface area (Å²) in [5, 5.41) is 3.38. The summed E-state index contributed by atoms with van der Waals surface area (Å²) in [6.07, 6.45) is 2.18. The van der Waals surface area contributed by atoms with Crippen LogP contribution >= 0.6 is 0 Å². The van der Waals surface area contributed by atoms with E-state index in [-0.39, 0.29) is 10.9 Å². The van der Waals surface area contributed by atoms with Gasteiger partial charge in [-0.3, -0.25) is 0 Å². The molecule has 104 valence electrons. The van der Waals surface area contributed by atoms with Crippen LogP contribution in [-0.2, 0) is 10.0 Å². The lowest BCUT2D eigenvalue weighted by Crippen LogP contribution is -2.41. The highest BCUT2D eigenvalue weighted by Gasteiger charge is 2.40. The van der Waals surface area contributed by atoms with E-state index in [1.807, 2.05) is 0 Å². The Morgan fingerprint density at radius 3 is 2.63 bits per heavy atom. The van der Waals surface area contributed by atoms with Crippen molar-refractivity contribution in [3.8, 4) is 0 Å². The lowest BCUT2D eigenvalue weighted by molar-refractivity contribution is 0.339. The summed E-state index contributed by atoms with van der Waals surface area (Å²) in [5.41, 5.74) is 0. The number of hydrogen-bond acceptors (Lipinski definition) is 3. The van der Waals surface area contributed by atoms with Crippen LogP contribution in [-0.4, -0.2) is 38.4 Å². The van der Waals surface area contributed by atoms with Crippen molar-refractivity contribution in [2.45, 2.75) is 23.8 Å². The summed E-state index contributed by atoms with van der Waals surface area (Å²) in [5.74, 6) is -0.0142. The number of rotatable bonds is 2. The summed E-state index contributed by atoms with van der Waals surface area (Å²) >= 11 is 0. The molecule has 2 saturated heterocycles. The van der Waals surface area contributed by atoms with E-state index >= 15 is 0 Å². The number of piperidine rings is 1. The van der Waals surface area contributed by atoms with Crippen molar-refractivity contribution in [3.05, 3.63) is 30.1 Å². The molecule has 1 N–H and O–H groups in total. The maximum Gasteiger partial charge on any atom is 0.243 e. The first-order valence-electron chi connectivity index (χ1n) is 6.56. The first-order valence-corrected chi connectivity index (χ1v) is 8.00. The number of hydrogen-bond donors (Lipinski definition) is 1. The van der Waals surface area contributed by atoms with Crippen LogP contribution in [0.2, 0.25) is 0 Å². The van der Waals surface area contributed by atoms with E-state index in [2.05, 4.69) is 5.32 Å². The van der Waals surface area contributed by atoms with Gasteiger partial charge < -0.3 is 5.32 Å². The lowest BCUT2D eigenvalue weighted by Gasteiger charge is -2.24. The zero-order valence-corrected chi connectivity index (χ0v) is 11.4. The average molecular weight is 284 g/mol. The summed E-state index contributed by atoms with van der Waals surface area (Å²) in [7, 11) is -3.49. The zero-order valence-electron chi connectivity index (χ0n) is 10.5. The molecule has 0 bridgehead atoms. The van der Waals surface area contributed by atoms with Crippen molar-refractivity contribution in [1.29, 1.82) is 0 Å². The molecule has 0 saturated carbocycles. The number of sulfonamides is 1. The highest BCUT2D eigenvalue weighted by molar-refractivity contribution is 7.89. The third-order valence-corrected chi connectivity index (χ3v) is 5.86. The van der Waals surface area contributed by atoms with Crippen LogP contribution in [0.1, 0.15) is 12.8 Å². The predicted octanol–water partition coefficient (Wildman–Crippen LogP) is 1.20. The Morgan fingerprint density at radius 1 is 1.21 bits per heavy atom. The fourth-order valence-corrected chi connectivity index (χ4v) is 4.48. The third kappa shape index (κ3) is 2.40. The standard InChI is InChI=1S/C13H17FN2O2S/c14-11-3-5-12(6-4-11)19(17,18)16-8-10-2-1-7-15-13(10)9-16/h3-6,10,13,15H,1-2,7-9H2. The molecule has 2 aliphatic rings. The fourth-order valence-electron chi connectivity index (χ4n) is 2.96. The van der Waals surface area contributed by atoms with Gasteiger partial charge in [0.05, 0.1) is 4.90 Å². The van der Waals surface area contributed by atoms with E-state index in [1.165, 1.54) is 28.6 Å². The van der Waals surface area contributed by atoms with Gasteiger partial charge in [-0.05, 0) is 49.6 Å². The van der Waals surface area contributed by atoms with Crippen molar-refractivity contribution in [1.82, 2.24) is 9.62 Å². The predicted molar refractivity (Wildman–Crippen MR) is 69.7 cm³/mol. The lowest BCUT2D eigenvalue weighted by atomic mass is 9.94. The van der Waals surface area contributed by atoms with E-state index in [0.29, 0.717) is 19.0 Å². The minimum atomic E-state index is -3.49. The molecule has 0 aliphatic carbocycles. The SMILES string of the molecule is O=S(=O)(c1ccc(F)cc1)N1CC2CCCNC2C1. The smallest absolute Gasteiger partial charge is 0.243 e. The van der Waals surface area contributed by atoms with Gasteiger partial charge in [0.15, 0.2) is 0 Å². The molecule has 3 rings (SSSR count). The molecule has 2 atom stereocenters. The monoisotopic (exact) mass is 284 g/mol. The van der Waals surface area contributed by atoms with Crippen molar-refractivity contribution in [2.24, 2.45) is 5.92 Å². The summed E-state index contributed by atoms with van der Waals surface area (Å²) < 4.78 is 39.3. The van der Waals surface area contributed by atoms with Crippen molar-refractivity contribution < 1.29 is 12.8 Å². The van der Waals surface area contributed by atoms with Gasteiger partial charge in [0.2, 0.25) is 10.0 Å². The molecule has 2 heterocycles. The number of fused-ring (bicyclic) bond motifs is 1. The molecular weight excluding hydrogens is 267 g/mol. The number of nitrogens with zero attached hydrogens (tertiary/aromatic N) is 1. The Kier molecular flexibility index (Phi) is 3.32. The van der Waals surface area contributed by atoms with Crippen LogP contribution in [0, 0.1) is 11.7 Å². The maximum atomic E-state index is 12.9.